The van der Waals surface area contributed by atoms with E-state index in [9.17, 15) is 4.79 Å². The van der Waals surface area contributed by atoms with Crippen LogP contribution in [0, 0.1) is 0 Å². The Labute approximate surface area is 103 Å². The van der Waals surface area contributed by atoms with Crippen molar-refractivity contribution in [2.24, 2.45) is 0 Å². The molecule has 0 saturated heterocycles. The van der Waals surface area contributed by atoms with E-state index in [1.54, 1.807) is 18.2 Å². The van der Waals surface area contributed by atoms with Gasteiger partial charge in [-0.3, -0.25) is 9.78 Å². The van der Waals surface area contributed by atoms with Crippen LogP contribution in [0.3, 0.4) is 0 Å². The van der Waals surface area contributed by atoms with Gasteiger partial charge in [0.25, 0.3) is 5.91 Å². The predicted molar refractivity (Wildman–Crippen MR) is 65.8 cm³/mol. The number of carbonyl (C=O) groups is 1. The van der Waals surface area contributed by atoms with Gasteiger partial charge in [0, 0.05) is 18.1 Å². The smallest absolute Gasteiger partial charge is 0.275 e. The van der Waals surface area contributed by atoms with Crippen LogP contribution in [0.1, 0.15) is 10.5 Å². The second-order valence-corrected chi connectivity index (χ2v) is 3.67. The van der Waals surface area contributed by atoms with E-state index in [2.05, 4.69) is 15.3 Å². The van der Waals surface area contributed by atoms with Gasteiger partial charge in [0.05, 0.1) is 5.02 Å². The van der Waals surface area contributed by atoms with E-state index in [0.717, 1.165) is 0 Å². The van der Waals surface area contributed by atoms with Crippen molar-refractivity contribution in [1.82, 2.24) is 9.97 Å². The predicted octanol–water partition coefficient (Wildman–Crippen LogP) is 1.96. The lowest BCUT2D eigenvalue weighted by atomic mass is 10.3. The van der Waals surface area contributed by atoms with Gasteiger partial charge in [0.15, 0.2) is 5.82 Å². The Kier molecular flexibility index (Phi) is 3.20. The molecular weight excluding hydrogens is 240 g/mol. The van der Waals surface area contributed by atoms with Crippen molar-refractivity contribution in [3.05, 3.63) is 47.4 Å². The number of pyridine rings is 2. The molecule has 0 atom stereocenters. The summed E-state index contributed by atoms with van der Waals surface area (Å²) >= 11 is 5.86. The quantitative estimate of drug-likeness (QED) is 0.851. The summed E-state index contributed by atoms with van der Waals surface area (Å²) in [6.07, 6.45) is 3.00. The minimum Gasteiger partial charge on any atom is -0.399 e. The third-order valence-electron chi connectivity index (χ3n) is 2.01. The van der Waals surface area contributed by atoms with Gasteiger partial charge in [0.2, 0.25) is 0 Å². The van der Waals surface area contributed by atoms with Crippen LogP contribution in [0.4, 0.5) is 11.5 Å². The van der Waals surface area contributed by atoms with Gasteiger partial charge < -0.3 is 11.1 Å². The zero-order chi connectivity index (χ0) is 12.3. The first kappa shape index (κ1) is 11.3. The molecule has 0 aliphatic heterocycles. The van der Waals surface area contributed by atoms with Crippen molar-refractivity contribution in [3.63, 3.8) is 0 Å². The fourth-order valence-corrected chi connectivity index (χ4v) is 1.39. The number of hydrogen-bond donors (Lipinski definition) is 2. The van der Waals surface area contributed by atoms with Gasteiger partial charge >= 0.3 is 0 Å². The largest absolute Gasteiger partial charge is 0.399 e. The first-order chi connectivity index (χ1) is 8.16. The lowest BCUT2D eigenvalue weighted by Gasteiger charge is -2.05. The minimum atomic E-state index is -0.405. The average molecular weight is 249 g/mol. The highest BCUT2D eigenvalue weighted by atomic mass is 35.5. The Balaban J connectivity index is 2.20. The second kappa shape index (κ2) is 4.80. The number of nitrogens with zero attached hydrogens (tertiary/aromatic N) is 2. The lowest BCUT2D eigenvalue weighted by molar-refractivity contribution is 0.102. The van der Waals surface area contributed by atoms with Gasteiger partial charge in [0.1, 0.15) is 5.69 Å². The monoisotopic (exact) mass is 248 g/mol. The fourth-order valence-electron chi connectivity index (χ4n) is 1.22. The van der Waals surface area contributed by atoms with Crippen molar-refractivity contribution in [2.75, 3.05) is 11.1 Å². The summed E-state index contributed by atoms with van der Waals surface area (Å²) in [5.41, 5.74) is 6.24. The summed E-state index contributed by atoms with van der Waals surface area (Å²) < 4.78 is 0. The molecular formula is C11H9ClN4O. The average Bonchev–Trinajstić information content (AvgIpc) is 2.32. The molecule has 0 bridgehead atoms. The summed E-state index contributed by atoms with van der Waals surface area (Å²) in [7, 11) is 0. The molecule has 0 saturated carbocycles. The van der Waals surface area contributed by atoms with Crippen LogP contribution < -0.4 is 11.1 Å². The Bertz CT molecular complexity index is 559. The molecule has 0 spiro atoms. The van der Waals surface area contributed by atoms with Crippen molar-refractivity contribution in [3.8, 4) is 0 Å². The molecule has 6 heteroatoms. The highest BCUT2D eigenvalue weighted by molar-refractivity contribution is 6.33. The van der Waals surface area contributed by atoms with E-state index < -0.39 is 5.91 Å². The van der Waals surface area contributed by atoms with Crippen molar-refractivity contribution < 1.29 is 4.79 Å². The van der Waals surface area contributed by atoms with Crippen LogP contribution in [-0.2, 0) is 0 Å². The fraction of sp³-hybridized carbons (Fsp3) is 0. The number of aromatic nitrogens is 2. The lowest BCUT2D eigenvalue weighted by Crippen LogP contribution is -2.15. The molecule has 2 aromatic rings. The van der Waals surface area contributed by atoms with Gasteiger partial charge in [-0.1, -0.05) is 11.6 Å². The third-order valence-corrected chi connectivity index (χ3v) is 2.31. The number of halogens is 1. The van der Waals surface area contributed by atoms with Crippen LogP contribution in [0.25, 0.3) is 0 Å². The highest BCUT2D eigenvalue weighted by Gasteiger charge is 2.10. The standard InChI is InChI=1S/C11H9ClN4O/c12-8-2-1-4-15-10(8)16-11(17)9-6-7(13)3-5-14-9/h1-6H,(H2,13,14)(H,15,16,17). The SMILES string of the molecule is Nc1ccnc(C(=O)Nc2ncccc2Cl)c1. The third kappa shape index (κ3) is 2.70. The van der Waals surface area contributed by atoms with Crippen molar-refractivity contribution in [2.45, 2.75) is 0 Å². The number of rotatable bonds is 2. The number of nitrogen functional groups attached to an aromatic ring is 1. The molecule has 0 aliphatic carbocycles. The van der Waals surface area contributed by atoms with Crippen LogP contribution in [0.2, 0.25) is 5.02 Å². The Hall–Kier alpha value is -2.14. The Morgan fingerprint density at radius 3 is 2.82 bits per heavy atom. The van der Waals surface area contributed by atoms with E-state index in [4.69, 9.17) is 17.3 Å². The van der Waals surface area contributed by atoms with E-state index in [0.29, 0.717) is 16.5 Å². The van der Waals surface area contributed by atoms with Gasteiger partial charge in [-0.05, 0) is 24.3 Å². The molecule has 5 nitrogen and oxygen atoms in total. The summed E-state index contributed by atoms with van der Waals surface area (Å²) in [6, 6.07) is 6.39. The van der Waals surface area contributed by atoms with Crippen LogP contribution >= 0.6 is 11.6 Å². The van der Waals surface area contributed by atoms with E-state index >= 15 is 0 Å². The second-order valence-electron chi connectivity index (χ2n) is 3.26. The van der Waals surface area contributed by atoms with Crippen LogP contribution in [0.5, 0.6) is 0 Å². The molecule has 0 unspecified atom stereocenters. The zero-order valence-electron chi connectivity index (χ0n) is 8.72. The molecule has 1 amide bonds. The Morgan fingerprint density at radius 2 is 2.12 bits per heavy atom. The molecule has 2 rings (SSSR count). The summed E-state index contributed by atoms with van der Waals surface area (Å²) in [6.45, 7) is 0. The summed E-state index contributed by atoms with van der Waals surface area (Å²) in [4.78, 5) is 19.6. The molecule has 0 fully saturated rings. The molecule has 0 aliphatic rings. The number of nitrogens with two attached hydrogens (primary N) is 1. The molecule has 86 valence electrons. The maximum absolute atomic E-state index is 11.8. The van der Waals surface area contributed by atoms with Crippen LogP contribution in [0.15, 0.2) is 36.7 Å². The maximum Gasteiger partial charge on any atom is 0.275 e. The van der Waals surface area contributed by atoms with Gasteiger partial charge in [-0.25, -0.2) is 4.98 Å². The van der Waals surface area contributed by atoms with Gasteiger partial charge in [-0.2, -0.15) is 0 Å². The molecule has 3 N–H and O–H groups in total. The topological polar surface area (TPSA) is 80.9 Å². The summed E-state index contributed by atoms with van der Waals surface area (Å²) in [5.74, 6) is -0.110. The number of nitrogens with one attached hydrogen (secondary N) is 1. The minimum absolute atomic E-state index is 0.215. The van der Waals surface area contributed by atoms with Crippen LogP contribution in [-0.4, -0.2) is 15.9 Å². The van der Waals surface area contributed by atoms with Crippen molar-refractivity contribution >= 4 is 29.0 Å². The number of carbonyl (C=O) groups excluding carboxylic acids is 1. The van der Waals surface area contributed by atoms with Crippen molar-refractivity contribution in [1.29, 1.82) is 0 Å². The summed E-state index contributed by atoms with van der Waals surface area (Å²) in [5, 5.41) is 2.92. The normalized spacial score (nSPS) is 9.94. The van der Waals surface area contributed by atoms with E-state index in [1.165, 1.54) is 18.5 Å². The first-order valence-corrected chi connectivity index (χ1v) is 5.18. The first-order valence-electron chi connectivity index (χ1n) is 4.80. The molecule has 2 aromatic heterocycles. The molecule has 2 heterocycles. The number of anilines is 2. The number of hydrogen-bond acceptors (Lipinski definition) is 4. The molecule has 17 heavy (non-hydrogen) atoms. The highest BCUT2D eigenvalue weighted by Crippen LogP contribution is 2.18. The Morgan fingerprint density at radius 1 is 1.29 bits per heavy atom. The van der Waals surface area contributed by atoms with Gasteiger partial charge in [-0.15, -0.1) is 0 Å². The zero-order valence-corrected chi connectivity index (χ0v) is 9.48. The molecule has 0 radical (unpaired) electrons. The maximum atomic E-state index is 11.8. The number of amides is 1. The van der Waals surface area contributed by atoms with E-state index in [1.807, 2.05) is 0 Å². The molecule has 0 aromatic carbocycles. The van der Waals surface area contributed by atoms with E-state index in [-0.39, 0.29) is 5.69 Å².